The average molecular weight is 388 g/mol. The van der Waals surface area contributed by atoms with Gasteiger partial charge in [0, 0.05) is 24.8 Å². The van der Waals surface area contributed by atoms with Gasteiger partial charge in [-0.3, -0.25) is 9.48 Å². The minimum Gasteiger partial charge on any atom is -0.338 e. The first-order valence-corrected chi connectivity index (χ1v) is 10.2. The molecule has 5 nitrogen and oxygen atoms in total. The van der Waals surface area contributed by atoms with E-state index in [2.05, 4.69) is 18.2 Å². The molecule has 1 aliphatic heterocycles. The lowest BCUT2D eigenvalue weighted by Crippen LogP contribution is -2.28. The molecular formula is C22H20N4OS. The topological polar surface area (TPSA) is 61.9 Å². The van der Waals surface area contributed by atoms with Gasteiger partial charge >= 0.3 is 0 Å². The Morgan fingerprint density at radius 1 is 1.18 bits per heavy atom. The zero-order chi connectivity index (χ0) is 19.3. The fourth-order valence-electron chi connectivity index (χ4n) is 3.39. The highest BCUT2D eigenvalue weighted by atomic mass is 32.1. The fourth-order valence-corrected chi connectivity index (χ4v) is 4.12. The van der Waals surface area contributed by atoms with Crippen LogP contribution in [0.4, 0.5) is 0 Å². The van der Waals surface area contributed by atoms with E-state index in [0.29, 0.717) is 6.54 Å². The summed E-state index contributed by atoms with van der Waals surface area (Å²) in [4.78, 5) is 15.5. The second kappa shape index (κ2) is 8.24. The van der Waals surface area contributed by atoms with Crippen molar-refractivity contribution in [1.29, 1.82) is 5.26 Å². The molecule has 2 aromatic heterocycles. The van der Waals surface area contributed by atoms with Gasteiger partial charge in [0.1, 0.15) is 17.3 Å². The van der Waals surface area contributed by atoms with E-state index in [1.54, 1.807) is 22.3 Å². The minimum absolute atomic E-state index is 0.166. The van der Waals surface area contributed by atoms with Gasteiger partial charge in [0.25, 0.3) is 5.91 Å². The molecule has 1 aromatic carbocycles. The summed E-state index contributed by atoms with van der Waals surface area (Å²) in [6.45, 7) is 2.08. The highest BCUT2D eigenvalue weighted by Gasteiger charge is 2.22. The van der Waals surface area contributed by atoms with Crippen molar-refractivity contribution < 1.29 is 4.79 Å². The number of nitriles is 1. The normalized spacial score (nSPS) is 14.2. The van der Waals surface area contributed by atoms with Crippen molar-refractivity contribution in [3.8, 4) is 16.6 Å². The zero-order valence-electron chi connectivity index (χ0n) is 15.4. The van der Waals surface area contributed by atoms with Crippen LogP contribution in [0, 0.1) is 11.3 Å². The molecule has 3 heterocycles. The summed E-state index contributed by atoms with van der Waals surface area (Å²) in [6.07, 6.45) is 5.60. The molecular weight excluding hydrogens is 368 g/mol. The molecule has 1 aliphatic rings. The first-order chi connectivity index (χ1) is 13.7. The van der Waals surface area contributed by atoms with Gasteiger partial charge in [0.2, 0.25) is 0 Å². The molecule has 4 rings (SSSR count). The van der Waals surface area contributed by atoms with E-state index in [1.807, 2.05) is 46.6 Å². The summed E-state index contributed by atoms with van der Waals surface area (Å²) in [5.41, 5.74) is 2.90. The molecule has 140 valence electrons. The van der Waals surface area contributed by atoms with Crippen molar-refractivity contribution in [2.75, 3.05) is 13.1 Å². The second-order valence-corrected chi connectivity index (χ2v) is 7.71. The Morgan fingerprint density at radius 2 is 1.96 bits per heavy atom. The van der Waals surface area contributed by atoms with E-state index >= 15 is 0 Å². The Bertz CT molecular complexity index is 1020. The van der Waals surface area contributed by atoms with E-state index in [0.717, 1.165) is 47.6 Å². The molecule has 0 saturated carbocycles. The largest absolute Gasteiger partial charge is 0.338 e. The van der Waals surface area contributed by atoms with Crippen LogP contribution in [0.2, 0.25) is 0 Å². The zero-order valence-corrected chi connectivity index (χ0v) is 16.2. The van der Waals surface area contributed by atoms with Gasteiger partial charge < -0.3 is 4.90 Å². The number of nitrogens with zero attached hydrogens (tertiary/aromatic N) is 4. The van der Waals surface area contributed by atoms with Crippen LogP contribution in [-0.4, -0.2) is 33.7 Å². The summed E-state index contributed by atoms with van der Waals surface area (Å²) in [7, 11) is 0. The number of amides is 1. The maximum absolute atomic E-state index is 12.7. The van der Waals surface area contributed by atoms with E-state index in [1.165, 1.54) is 0 Å². The predicted molar refractivity (Wildman–Crippen MR) is 110 cm³/mol. The van der Waals surface area contributed by atoms with E-state index in [-0.39, 0.29) is 11.5 Å². The molecule has 0 aliphatic carbocycles. The molecule has 0 atom stereocenters. The van der Waals surface area contributed by atoms with Crippen LogP contribution < -0.4 is 0 Å². The first-order valence-electron chi connectivity index (χ1n) is 9.31. The summed E-state index contributed by atoms with van der Waals surface area (Å²) < 4.78 is 1.87. The second-order valence-electron chi connectivity index (χ2n) is 6.76. The summed E-state index contributed by atoms with van der Waals surface area (Å²) >= 11 is 1.59. The summed E-state index contributed by atoms with van der Waals surface area (Å²) in [5.74, 6) is -0.187. The third kappa shape index (κ3) is 3.90. The molecule has 0 N–H and O–H groups in total. The molecule has 0 bridgehead atoms. The van der Waals surface area contributed by atoms with Crippen LogP contribution >= 0.6 is 11.3 Å². The maximum atomic E-state index is 12.7. The highest BCUT2D eigenvalue weighted by Crippen LogP contribution is 2.29. The third-order valence-electron chi connectivity index (χ3n) is 4.78. The smallest absolute Gasteiger partial charge is 0.264 e. The van der Waals surface area contributed by atoms with Crippen LogP contribution in [0.25, 0.3) is 16.6 Å². The van der Waals surface area contributed by atoms with Gasteiger partial charge in [-0.2, -0.15) is 10.4 Å². The lowest BCUT2D eigenvalue weighted by atomic mass is 10.1. The first kappa shape index (κ1) is 18.2. The number of rotatable bonds is 5. The number of carbonyl (C=O) groups excluding carboxylic acids is 1. The molecule has 0 spiro atoms. The van der Waals surface area contributed by atoms with Crippen molar-refractivity contribution in [3.63, 3.8) is 0 Å². The Kier molecular flexibility index (Phi) is 5.36. The number of thiophene rings is 1. The predicted octanol–water partition coefficient (Wildman–Crippen LogP) is 4.19. The van der Waals surface area contributed by atoms with Gasteiger partial charge in [-0.25, -0.2) is 0 Å². The van der Waals surface area contributed by atoms with E-state index < -0.39 is 0 Å². The molecule has 28 heavy (non-hydrogen) atoms. The van der Waals surface area contributed by atoms with Gasteiger partial charge in [0.15, 0.2) is 0 Å². The van der Waals surface area contributed by atoms with Gasteiger partial charge in [-0.1, -0.05) is 36.4 Å². The lowest BCUT2D eigenvalue weighted by Gasteiger charge is -2.13. The Morgan fingerprint density at radius 3 is 2.64 bits per heavy atom. The SMILES string of the molecule is N#C/C(=C\c1cn(Cc2ccccc2)nc1-c1cccs1)C(=O)N1CCCC1. The lowest BCUT2D eigenvalue weighted by molar-refractivity contribution is -0.125. The van der Waals surface area contributed by atoms with E-state index in [9.17, 15) is 10.1 Å². The Hall–Kier alpha value is -3.17. The van der Waals surface area contributed by atoms with Crippen molar-refractivity contribution in [2.24, 2.45) is 0 Å². The van der Waals surface area contributed by atoms with Crippen molar-refractivity contribution in [2.45, 2.75) is 19.4 Å². The molecule has 1 saturated heterocycles. The number of hydrogen-bond acceptors (Lipinski definition) is 4. The number of hydrogen-bond donors (Lipinski definition) is 0. The number of benzene rings is 1. The fraction of sp³-hybridized carbons (Fsp3) is 0.227. The highest BCUT2D eigenvalue weighted by molar-refractivity contribution is 7.13. The van der Waals surface area contributed by atoms with Crippen LogP contribution in [0.3, 0.4) is 0 Å². The van der Waals surface area contributed by atoms with Crippen LogP contribution in [0.1, 0.15) is 24.0 Å². The van der Waals surface area contributed by atoms with Crippen LogP contribution in [0.5, 0.6) is 0 Å². The monoisotopic (exact) mass is 388 g/mol. The average Bonchev–Trinajstić information content (AvgIpc) is 3.48. The number of carbonyl (C=O) groups is 1. The Labute approximate surface area is 168 Å². The third-order valence-corrected chi connectivity index (χ3v) is 5.65. The number of likely N-dealkylation sites (tertiary alicyclic amines) is 1. The van der Waals surface area contributed by atoms with Crippen LogP contribution in [0.15, 0.2) is 59.6 Å². The minimum atomic E-state index is -0.187. The van der Waals surface area contributed by atoms with Crippen molar-refractivity contribution in [3.05, 3.63) is 70.7 Å². The summed E-state index contributed by atoms with van der Waals surface area (Å²) in [5, 5.41) is 16.3. The molecule has 0 unspecified atom stereocenters. The van der Waals surface area contributed by atoms with Crippen molar-refractivity contribution >= 4 is 23.3 Å². The quantitative estimate of drug-likeness (QED) is 0.486. The number of aromatic nitrogens is 2. The molecule has 1 fully saturated rings. The molecule has 1 amide bonds. The molecule has 3 aromatic rings. The standard InChI is InChI=1S/C22H20N4OS/c23-14-18(22(27)25-10-4-5-11-25)13-19-16-26(15-17-7-2-1-3-8-17)24-21(19)20-9-6-12-28-20/h1-3,6-9,12-13,16H,4-5,10-11,15H2/b18-13+. The summed E-state index contributed by atoms with van der Waals surface area (Å²) in [6, 6.07) is 16.2. The van der Waals surface area contributed by atoms with Gasteiger partial charge in [0.05, 0.1) is 11.4 Å². The molecule has 0 radical (unpaired) electrons. The van der Waals surface area contributed by atoms with E-state index in [4.69, 9.17) is 5.10 Å². The Balaban J connectivity index is 1.70. The van der Waals surface area contributed by atoms with Gasteiger partial charge in [-0.05, 0) is 35.9 Å². The van der Waals surface area contributed by atoms with Crippen molar-refractivity contribution in [1.82, 2.24) is 14.7 Å². The maximum Gasteiger partial charge on any atom is 0.264 e. The molecule has 6 heteroatoms. The van der Waals surface area contributed by atoms with Crippen LogP contribution in [-0.2, 0) is 11.3 Å². The van der Waals surface area contributed by atoms with Gasteiger partial charge in [-0.15, -0.1) is 11.3 Å².